The monoisotopic (exact) mass is 269 g/mol. The fraction of sp³-hybridized carbons (Fsp3) is 0.235. The minimum absolute atomic E-state index is 0.270. The third kappa shape index (κ3) is 3.18. The highest BCUT2D eigenvalue weighted by atomic mass is 16.5. The number of aryl methyl sites for hydroxylation is 3. The van der Waals surface area contributed by atoms with Crippen molar-refractivity contribution in [1.82, 2.24) is 0 Å². The van der Waals surface area contributed by atoms with Gasteiger partial charge < -0.3 is 10.5 Å². The first-order valence-electron chi connectivity index (χ1n) is 6.57. The van der Waals surface area contributed by atoms with Crippen LogP contribution >= 0.6 is 0 Å². The van der Waals surface area contributed by atoms with Crippen molar-refractivity contribution < 1.29 is 9.53 Å². The van der Waals surface area contributed by atoms with Crippen molar-refractivity contribution in [3.63, 3.8) is 0 Å². The quantitative estimate of drug-likeness (QED) is 0.684. The molecule has 0 radical (unpaired) electrons. The summed E-state index contributed by atoms with van der Waals surface area (Å²) < 4.78 is 5.34. The van der Waals surface area contributed by atoms with Crippen LogP contribution in [0.4, 0.5) is 5.69 Å². The van der Waals surface area contributed by atoms with Crippen LogP contribution in [0.25, 0.3) is 0 Å². The van der Waals surface area contributed by atoms with Crippen LogP contribution in [0.15, 0.2) is 36.4 Å². The summed E-state index contributed by atoms with van der Waals surface area (Å²) in [5.41, 5.74) is 11.0. The first kappa shape index (κ1) is 14.1. The molecule has 0 atom stereocenters. The third-order valence-electron chi connectivity index (χ3n) is 3.32. The Bertz CT molecular complexity index is 630. The highest BCUT2D eigenvalue weighted by molar-refractivity contribution is 5.92. The number of hydrogen-bond acceptors (Lipinski definition) is 3. The molecule has 0 aliphatic carbocycles. The lowest BCUT2D eigenvalue weighted by Gasteiger charge is -2.10. The predicted octanol–water partition coefficient (Wildman–Crippen LogP) is 3.55. The van der Waals surface area contributed by atoms with E-state index in [0.717, 1.165) is 16.7 Å². The Kier molecular flexibility index (Phi) is 4.08. The second kappa shape index (κ2) is 5.78. The molecule has 0 spiro atoms. The van der Waals surface area contributed by atoms with Gasteiger partial charge in [-0.15, -0.1) is 0 Å². The lowest BCUT2D eigenvalue weighted by Crippen LogP contribution is -2.08. The van der Waals surface area contributed by atoms with Crippen LogP contribution in [0.2, 0.25) is 0 Å². The average molecular weight is 269 g/mol. The number of carbonyl (C=O) groups is 1. The van der Waals surface area contributed by atoms with Crippen LogP contribution in [0.3, 0.4) is 0 Å². The van der Waals surface area contributed by atoms with Crippen LogP contribution in [0.5, 0.6) is 0 Å². The SMILES string of the molecule is Cc1ccc(COC(=O)c2cc(N)c(C)cc2C)cc1. The van der Waals surface area contributed by atoms with Gasteiger partial charge in [-0.2, -0.15) is 0 Å². The summed E-state index contributed by atoms with van der Waals surface area (Å²) in [6, 6.07) is 11.5. The Balaban J connectivity index is 2.09. The predicted molar refractivity (Wildman–Crippen MR) is 80.6 cm³/mol. The molecule has 0 unspecified atom stereocenters. The lowest BCUT2D eigenvalue weighted by molar-refractivity contribution is 0.0472. The lowest BCUT2D eigenvalue weighted by atomic mass is 10.0. The smallest absolute Gasteiger partial charge is 0.338 e. The van der Waals surface area contributed by atoms with Gasteiger partial charge in [0.05, 0.1) is 5.56 Å². The van der Waals surface area contributed by atoms with Crippen molar-refractivity contribution in [3.8, 4) is 0 Å². The van der Waals surface area contributed by atoms with E-state index in [4.69, 9.17) is 10.5 Å². The van der Waals surface area contributed by atoms with E-state index in [9.17, 15) is 4.79 Å². The Hall–Kier alpha value is -2.29. The van der Waals surface area contributed by atoms with Gasteiger partial charge in [-0.3, -0.25) is 0 Å². The molecule has 2 rings (SSSR count). The largest absolute Gasteiger partial charge is 0.457 e. The van der Waals surface area contributed by atoms with Crippen LogP contribution in [-0.2, 0) is 11.3 Å². The van der Waals surface area contributed by atoms with E-state index < -0.39 is 0 Å². The van der Waals surface area contributed by atoms with Crippen LogP contribution in [-0.4, -0.2) is 5.97 Å². The first-order chi connectivity index (χ1) is 9.47. The molecule has 0 fully saturated rings. The van der Waals surface area contributed by atoms with Crippen LogP contribution in [0, 0.1) is 20.8 Å². The van der Waals surface area contributed by atoms with Crippen molar-refractivity contribution in [2.45, 2.75) is 27.4 Å². The Morgan fingerprint density at radius 3 is 2.35 bits per heavy atom. The summed E-state index contributed by atoms with van der Waals surface area (Å²) in [4.78, 5) is 12.1. The van der Waals surface area contributed by atoms with Crippen LogP contribution in [0.1, 0.15) is 32.6 Å². The van der Waals surface area contributed by atoms with Gasteiger partial charge in [0, 0.05) is 5.69 Å². The molecule has 2 aromatic carbocycles. The van der Waals surface area contributed by atoms with E-state index in [1.165, 1.54) is 5.56 Å². The Labute approximate surface area is 119 Å². The number of ether oxygens (including phenoxy) is 1. The second-order valence-corrected chi connectivity index (χ2v) is 5.09. The van der Waals surface area contributed by atoms with Crippen molar-refractivity contribution in [2.24, 2.45) is 0 Å². The number of nitrogens with two attached hydrogens (primary N) is 1. The van der Waals surface area contributed by atoms with Crippen LogP contribution < -0.4 is 5.73 Å². The summed E-state index contributed by atoms with van der Waals surface area (Å²) in [5.74, 6) is -0.338. The van der Waals surface area contributed by atoms with E-state index in [1.807, 2.05) is 51.1 Å². The molecule has 0 saturated carbocycles. The molecule has 0 saturated heterocycles. The van der Waals surface area contributed by atoms with Crippen molar-refractivity contribution in [1.29, 1.82) is 0 Å². The number of hydrogen-bond donors (Lipinski definition) is 1. The van der Waals surface area contributed by atoms with Crippen molar-refractivity contribution >= 4 is 11.7 Å². The molecule has 3 heteroatoms. The standard InChI is InChI=1S/C17H19NO2/c1-11-4-6-14(7-5-11)10-20-17(19)15-9-16(18)13(3)8-12(15)2/h4-9H,10,18H2,1-3H3. The normalized spacial score (nSPS) is 10.3. The number of nitrogen functional groups attached to an aromatic ring is 1. The fourth-order valence-electron chi connectivity index (χ4n) is 2.00. The molecule has 104 valence electrons. The van der Waals surface area contributed by atoms with Gasteiger partial charge in [0.25, 0.3) is 0 Å². The molecule has 2 aromatic rings. The van der Waals surface area contributed by atoms with Gasteiger partial charge in [-0.25, -0.2) is 4.79 Å². The van der Waals surface area contributed by atoms with Crippen molar-refractivity contribution in [2.75, 3.05) is 5.73 Å². The van der Waals surface area contributed by atoms with Gasteiger partial charge in [0.2, 0.25) is 0 Å². The summed E-state index contributed by atoms with van der Waals surface area (Å²) >= 11 is 0. The maximum absolute atomic E-state index is 12.1. The molecule has 0 heterocycles. The van der Waals surface area contributed by atoms with Gasteiger partial charge in [0.1, 0.15) is 6.61 Å². The maximum Gasteiger partial charge on any atom is 0.338 e. The van der Waals surface area contributed by atoms with Gasteiger partial charge in [-0.1, -0.05) is 35.9 Å². The van der Waals surface area contributed by atoms with E-state index in [0.29, 0.717) is 11.3 Å². The Morgan fingerprint density at radius 2 is 1.70 bits per heavy atom. The van der Waals surface area contributed by atoms with Gasteiger partial charge in [-0.05, 0) is 43.5 Å². The maximum atomic E-state index is 12.1. The zero-order valence-corrected chi connectivity index (χ0v) is 12.1. The molecular formula is C17H19NO2. The van der Waals surface area contributed by atoms with E-state index >= 15 is 0 Å². The molecule has 0 aromatic heterocycles. The van der Waals surface area contributed by atoms with Crippen molar-refractivity contribution in [3.05, 3.63) is 64.2 Å². The summed E-state index contributed by atoms with van der Waals surface area (Å²) in [6.45, 7) is 6.10. The van der Waals surface area contributed by atoms with E-state index in [1.54, 1.807) is 6.07 Å². The zero-order valence-electron chi connectivity index (χ0n) is 12.1. The molecular weight excluding hydrogens is 250 g/mol. The number of anilines is 1. The molecule has 3 nitrogen and oxygen atoms in total. The zero-order chi connectivity index (χ0) is 14.7. The molecule has 0 aliphatic rings. The van der Waals surface area contributed by atoms with Gasteiger partial charge in [0.15, 0.2) is 0 Å². The highest BCUT2D eigenvalue weighted by Crippen LogP contribution is 2.19. The number of benzene rings is 2. The minimum atomic E-state index is -0.338. The van der Waals surface area contributed by atoms with E-state index in [2.05, 4.69) is 0 Å². The molecule has 20 heavy (non-hydrogen) atoms. The number of esters is 1. The first-order valence-corrected chi connectivity index (χ1v) is 6.57. The summed E-state index contributed by atoms with van der Waals surface area (Å²) in [6.07, 6.45) is 0. The highest BCUT2D eigenvalue weighted by Gasteiger charge is 2.12. The minimum Gasteiger partial charge on any atom is -0.457 e. The number of carbonyl (C=O) groups excluding carboxylic acids is 1. The number of rotatable bonds is 3. The molecule has 2 N–H and O–H groups in total. The fourth-order valence-corrected chi connectivity index (χ4v) is 2.00. The topological polar surface area (TPSA) is 52.3 Å². The average Bonchev–Trinajstić information content (AvgIpc) is 2.42. The molecule has 0 amide bonds. The van der Waals surface area contributed by atoms with Gasteiger partial charge >= 0.3 is 5.97 Å². The third-order valence-corrected chi connectivity index (χ3v) is 3.32. The summed E-state index contributed by atoms with van der Waals surface area (Å²) in [7, 11) is 0. The Morgan fingerprint density at radius 1 is 1.05 bits per heavy atom. The summed E-state index contributed by atoms with van der Waals surface area (Å²) in [5, 5.41) is 0. The second-order valence-electron chi connectivity index (χ2n) is 5.09. The van der Waals surface area contributed by atoms with E-state index in [-0.39, 0.29) is 12.6 Å². The molecule has 0 aliphatic heterocycles. The molecule has 0 bridgehead atoms.